The number of halogens is 2. The molecule has 0 bridgehead atoms. The summed E-state index contributed by atoms with van der Waals surface area (Å²) in [7, 11) is 3.66. The molecular formula is C15H21F2NO. The number of benzene rings is 1. The zero-order valence-corrected chi connectivity index (χ0v) is 11.7. The fourth-order valence-corrected chi connectivity index (χ4v) is 2.50. The Labute approximate surface area is 113 Å². The summed E-state index contributed by atoms with van der Waals surface area (Å²) in [6.45, 7) is 2.33. The third-order valence-corrected chi connectivity index (χ3v) is 4.19. The molecule has 0 radical (unpaired) electrons. The molecule has 1 aromatic carbocycles. The van der Waals surface area contributed by atoms with Gasteiger partial charge in [-0.1, -0.05) is 30.3 Å². The second kappa shape index (κ2) is 5.17. The van der Waals surface area contributed by atoms with Gasteiger partial charge >= 0.3 is 0 Å². The van der Waals surface area contributed by atoms with E-state index in [4.69, 9.17) is 4.74 Å². The Morgan fingerprint density at radius 1 is 1.26 bits per heavy atom. The van der Waals surface area contributed by atoms with Gasteiger partial charge in [-0.3, -0.25) is 0 Å². The molecule has 1 fully saturated rings. The summed E-state index contributed by atoms with van der Waals surface area (Å²) in [5.41, 5.74) is -0.00946. The molecule has 1 aromatic rings. The van der Waals surface area contributed by atoms with E-state index in [9.17, 15) is 8.78 Å². The van der Waals surface area contributed by atoms with Crippen molar-refractivity contribution in [3.63, 3.8) is 0 Å². The smallest absolute Gasteiger partial charge is 0.258 e. The number of hydrogen-bond donors (Lipinski definition) is 0. The fourth-order valence-electron chi connectivity index (χ4n) is 2.50. The van der Waals surface area contributed by atoms with Crippen LogP contribution in [0.5, 0.6) is 0 Å². The molecular weight excluding hydrogens is 248 g/mol. The Morgan fingerprint density at radius 2 is 1.84 bits per heavy atom. The van der Waals surface area contributed by atoms with Crippen LogP contribution in [0.3, 0.4) is 0 Å². The van der Waals surface area contributed by atoms with Gasteiger partial charge in [0.05, 0.1) is 18.6 Å². The van der Waals surface area contributed by atoms with Crippen LogP contribution in [0.25, 0.3) is 0 Å². The molecule has 1 aliphatic carbocycles. The second-order valence-electron chi connectivity index (χ2n) is 5.66. The van der Waals surface area contributed by atoms with E-state index in [-0.39, 0.29) is 19.1 Å². The van der Waals surface area contributed by atoms with Gasteiger partial charge in [-0.05, 0) is 26.6 Å². The maximum Gasteiger partial charge on any atom is 0.258 e. The molecule has 106 valence electrons. The SMILES string of the molecule is C[C@H](N(C)C)[C@@]1(COCc2ccccc2)CC1(F)F. The van der Waals surface area contributed by atoms with E-state index in [0.29, 0.717) is 6.61 Å². The van der Waals surface area contributed by atoms with E-state index < -0.39 is 11.3 Å². The molecule has 0 N–H and O–H groups in total. The standard InChI is InChI=1S/C15H21F2NO/c1-12(18(2)3)14(10-15(14,16)17)11-19-9-13-7-5-4-6-8-13/h4-8,12H,9-11H2,1-3H3/t12-,14-/m0/s1. The van der Waals surface area contributed by atoms with Gasteiger partial charge in [-0.2, -0.15) is 0 Å². The predicted molar refractivity (Wildman–Crippen MR) is 71.2 cm³/mol. The molecule has 1 saturated carbocycles. The van der Waals surface area contributed by atoms with Crippen LogP contribution in [-0.4, -0.2) is 37.6 Å². The largest absolute Gasteiger partial charge is 0.376 e. The molecule has 0 aliphatic heterocycles. The van der Waals surface area contributed by atoms with Crippen LogP contribution in [0.4, 0.5) is 8.78 Å². The average molecular weight is 269 g/mol. The Balaban J connectivity index is 1.93. The van der Waals surface area contributed by atoms with Crippen molar-refractivity contribution in [3.05, 3.63) is 35.9 Å². The number of hydrogen-bond acceptors (Lipinski definition) is 2. The normalized spacial score (nSPS) is 26.4. The van der Waals surface area contributed by atoms with Crippen molar-refractivity contribution in [2.24, 2.45) is 5.41 Å². The van der Waals surface area contributed by atoms with Gasteiger partial charge < -0.3 is 9.64 Å². The van der Waals surface area contributed by atoms with Crippen molar-refractivity contribution < 1.29 is 13.5 Å². The van der Waals surface area contributed by atoms with Crippen molar-refractivity contribution in [1.29, 1.82) is 0 Å². The number of ether oxygens (including phenoxy) is 1. The van der Waals surface area contributed by atoms with Crippen LogP contribution < -0.4 is 0 Å². The topological polar surface area (TPSA) is 12.5 Å². The molecule has 2 atom stereocenters. The number of rotatable bonds is 6. The Morgan fingerprint density at radius 3 is 2.32 bits per heavy atom. The summed E-state index contributed by atoms with van der Waals surface area (Å²) >= 11 is 0. The summed E-state index contributed by atoms with van der Waals surface area (Å²) in [4.78, 5) is 1.84. The summed E-state index contributed by atoms with van der Waals surface area (Å²) in [5, 5.41) is 0. The lowest BCUT2D eigenvalue weighted by Gasteiger charge is -2.29. The summed E-state index contributed by atoms with van der Waals surface area (Å²) in [6.07, 6.45) is -0.0753. The van der Waals surface area contributed by atoms with Crippen LogP contribution >= 0.6 is 0 Å². The quantitative estimate of drug-likeness (QED) is 0.786. The molecule has 2 rings (SSSR count). The van der Waals surface area contributed by atoms with Crippen LogP contribution in [-0.2, 0) is 11.3 Å². The molecule has 0 aromatic heterocycles. The van der Waals surface area contributed by atoms with Crippen molar-refractivity contribution in [1.82, 2.24) is 4.90 Å². The van der Waals surface area contributed by atoms with Crippen LogP contribution in [0, 0.1) is 5.41 Å². The average Bonchev–Trinajstić information content (AvgIpc) is 2.93. The van der Waals surface area contributed by atoms with Crippen LogP contribution in [0.2, 0.25) is 0 Å². The third-order valence-electron chi connectivity index (χ3n) is 4.19. The van der Waals surface area contributed by atoms with Gasteiger partial charge in [-0.25, -0.2) is 8.78 Å². The third kappa shape index (κ3) is 2.79. The van der Waals surface area contributed by atoms with Gasteiger partial charge in [0.25, 0.3) is 5.92 Å². The molecule has 0 spiro atoms. The van der Waals surface area contributed by atoms with Gasteiger partial charge in [0, 0.05) is 12.5 Å². The maximum absolute atomic E-state index is 13.7. The molecule has 2 nitrogen and oxygen atoms in total. The van der Waals surface area contributed by atoms with Crippen molar-refractivity contribution in [3.8, 4) is 0 Å². The monoisotopic (exact) mass is 269 g/mol. The highest BCUT2D eigenvalue weighted by atomic mass is 19.3. The first kappa shape index (κ1) is 14.4. The van der Waals surface area contributed by atoms with E-state index in [0.717, 1.165) is 5.56 Å². The highest BCUT2D eigenvalue weighted by Gasteiger charge is 2.73. The zero-order valence-electron chi connectivity index (χ0n) is 11.7. The summed E-state index contributed by atoms with van der Waals surface area (Å²) < 4.78 is 32.9. The van der Waals surface area contributed by atoms with Gasteiger partial charge in [-0.15, -0.1) is 0 Å². The van der Waals surface area contributed by atoms with Gasteiger partial charge in [0.1, 0.15) is 0 Å². The van der Waals surface area contributed by atoms with Crippen LogP contribution in [0.1, 0.15) is 18.9 Å². The molecule has 0 unspecified atom stereocenters. The van der Waals surface area contributed by atoms with Crippen molar-refractivity contribution in [2.45, 2.75) is 31.9 Å². The first-order chi connectivity index (χ1) is 8.89. The number of nitrogens with zero attached hydrogens (tertiary/aromatic N) is 1. The van der Waals surface area contributed by atoms with Crippen LogP contribution in [0.15, 0.2) is 30.3 Å². The number of alkyl halides is 2. The summed E-state index contributed by atoms with van der Waals surface area (Å²) in [5.74, 6) is -2.60. The van der Waals surface area contributed by atoms with E-state index in [2.05, 4.69) is 0 Å². The maximum atomic E-state index is 13.7. The van der Waals surface area contributed by atoms with Gasteiger partial charge in [0.2, 0.25) is 0 Å². The van der Waals surface area contributed by atoms with E-state index in [1.54, 1.807) is 0 Å². The Hall–Kier alpha value is -1.00. The highest BCUT2D eigenvalue weighted by Crippen LogP contribution is 2.63. The van der Waals surface area contributed by atoms with Crippen molar-refractivity contribution >= 4 is 0 Å². The second-order valence-corrected chi connectivity index (χ2v) is 5.66. The molecule has 0 heterocycles. The first-order valence-electron chi connectivity index (χ1n) is 6.55. The Kier molecular flexibility index (Phi) is 3.92. The minimum atomic E-state index is -2.60. The lowest BCUT2D eigenvalue weighted by Crippen LogP contribution is -2.40. The minimum Gasteiger partial charge on any atom is -0.376 e. The minimum absolute atomic E-state index is 0.0753. The highest BCUT2D eigenvalue weighted by molar-refractivity contribution is 5.16. The first-order valence-corrected chi connectivity index (χ1v) is 6.55. The molecule has 0 amide bonds. The zero-order chi connectivity index (χ0) is 14.1. The predicted octanol–water partition coefficient (Wildman–Crippen LogP) is 3.18. The molecule has 1 aliphatic rings. The van der Waals surface area contributed by atoms with E-state index in [1.165, 1.54) is 0 Å². The van der Waals surface area contributed by atoms with Gasteiger partial charge in [0.15, 0.2) is 0 Å². The molecule has 19 heavy (non-hydrogen) atoms. The van der Waals surface area contributed by atoms with E-state index in [1.807, 2.05) is 56.3 Å². The fraction of sp³-hybridized carbons (Fsp3) is 0.600. The van der Waals surface area contributed by atoms with E-state index >= 15 is 0 Å². The molecule has 4 heteroatoms. The van der Waals surface area contributed by atoms with Crippen molar-refractivity contribution in [2.75, 3.05) is 20.7 Å². The lowest BCUT2D eigenvalue weighted by atomic mass is 9.97. The lowest BCUT2D eigenvalue weighted by molar-refractivity contribution is -0.0273. The Bertz CT molecular complexity index is 421. The summed E-state index contributed by atoms with van der Waals surface area (Å²) in [6, 6.07) is 9.44. The molecule has 0 saturated heterocycles.